The molecule has 2 aromatic heterocycles. The second kappa shape index (κ2) is 9.38. The van der Waals surface area contributed by atoms with Gasteiger partial charge in [-0.25, -0.2) is 9.67 Å². The molecule has 29 heavy (non-hydrogen) atoms. The molecule has 1 saturated heterocycles. The number of nitrogens with one attached hydrogen (secondary N) is 1. The highest BCUT2D eigenvalue weighted by atomic mass is 16.5. The summed E-state index contributed by atoms with van der Waals surface area (Å²) >= 11 is 0. The lowest BCUT2D eigenvalue weighted by Crippen LogP contribution is -2.52. The lowest BCUT2D eigenvalue weighted by atomic mass is 10.2. The van der Waals surface area contributed by atoms with E-state index in [0.717, 1.165) is 62.2 Å². The first-order chi connectivity index (χ1) is 14.3. The van der Waals surface area contributed by atoms with Crippen molar-refractivity contribution in [3.63, 3.8) is 0 Å². The molecule has 4 rings (SSSR count). The Hall–Kier alpha value is -3.13. The average molecular weight is 393 g/mol. The Morgan fingerprint density at radius 2 is 2.07 bits per heavy atom. The summed E-state index contributed by atoms with van der Waals surface area (Å²) in [5.41, 5.74) is 3.20. The molecule has 0 amide bonds. The van der Waals surface area contributed by atoms with E-state index in [2.05, 4.69) is 56.6 Å². The van der Waals surface area contributed by atoms with E-state index >= 15 is 0 Å². The van der Waals surface area contributed by atoms with Crippen LogP contribution in [0.2, 0.25) is 0 Å². The van der Waals surface area contributed by atoms with Gasteiger partial charge in [0.15, 0.2) is 5.96 Å². The fourth-order valence-electron chi connectivity index (χ4n) is 3.48. The molecule has 0 bridgehead atoms. The van der Waals surface area contributed by atoms with Crippen molar-refractivity contribution in [1.29, 1.82) is 0 Å². The van der Waals surface area contributed by atoms with Crippen LogP contribution in [0.25, 0.3) is 5.69 Å². The van der Waals surface area contributed by atoms with Crippen LogP contribution >= 0.6 is 0 Å². The number of hydrogen-bond acceptors (Lipinski definition) is 5. The Labute approximate surface area is 170 Å². The highest BCUT2D eigenvalue weighted by molar-refractivity contribution is 5.80. The summed E-state index contributed by atoms with van der Waals surface area (Å²) in [6.07, 6.45) is 5.37. The van der Waals surface area contributed by atoms with Crippen LogP contribution in [0, 0.1) is 0 Å². The minimum Gasteiger partial charge on any atom is -0.364 e. The molecule has 152 valence electrons. The summed E-state index contributed by atoms with van der Waals surface area (Å²) in [6.45, 7) is 8.26. The summed E-state index contributed by atoms with van der Waals surface area (Å²) in [7, 11) is 0. The number of aliphatic imine (C=N–C) groups is 1. The van der Waals surface area contributed by atoms with Crippen LogP contribution < -0.4 is 5.32 Å². The van der Waals surface area contributed by atoms with Gasteiger partial charge in [-0.2, -0.15) is 5.10 Å². The van der Waals surface area contributed by atoms with Gasteiger partial charge in [0.25, 0.3) is 0 Å². The Bertz CT molecular complexity index is 897. The van der Waals surface area contributed by atoms with Crippen LogP contribution in [-0.4, -0.2) is 63.4 Å². The van der Waals surface area contributed by atoms with Gasteiger partial charge in [0.2, 0.25) is 0 Å². The van der Waals surface area contributed by atoms with Crippen LogP contribution in [0.3, 0.4) is 0 Å². The van der Waals surface area contributed by atoms with Crippen LogP contribution in [-0.2, 0) is 13.1 Å². The third-order valence-corrected chi connectivity index (χ3v) is 4.97. The highest BCUT2D eigenvalue weighted by Crippen LogP contribution is 2.12. The monoisotopic (exact) mass is 393 g/mol. The number of aromatic nitrogens is 3. The Balaban J connectivity index is 1.37. The first-order valence-corrected chi connectivity index (χ1v) is 10.1. The lowest BCUT2D eigenvalue weighted by molar-refractivity contribution is 0.169. The first kappa shape index (κ1) is 19.2. The van der Waals surface area contributed by atoms with Gasteiger partial charge >= 0.3 is 0 Å². The Morgan fingerprint density at radius 3 is 2.79 bits per heavy atom. The quantitative estimate of drug-likeness (QED) is 0.511. The third kappa shape index (κ3) is 5.03. The molecule has 0 radical (unpaired) electrons. The molecule has 0 atom stereocenters. The number of nitrogens with zero attached hydrogens (tertiary/aromatic N) is 6. The molecule has 8 nitrogen and oxygen atoms in total. The maximum absolute atomic E-state index is 4.93. The van der Waals surface area contributed by atoms with Crippen molar-refractivity contribution >= 4 is 5.96 Å². The molecule has 0 saturated carbocycles. The minimum absolute atomic E-state index is 0.636. The predicted molar refractivity (Wildman–Crippen MR) is 112 cm³/mol. The van der Waals surface area contributed by atoms with Crippen LogP contribution in [0.4, 0.5) is 0 Å². The Morgan fingerprint density at radius 1 is 1.17 bits per heavy atom. The maximum Gasteiger partial charge on any atom is 0.194 e. The zero-order valence-electron chi connectivity index (χ0n) is 16.7. The summed E-state index contributed by atoms with van der Waals surface area (Å²) in [6, 6.07) is 12.2. The van der Waals surface area contributed by atoms with Gasteiger partial charge in [0, 0.05) is 57.7 Å². The van der Waals surface area contributed by atoms with Crippen molar-refractivity contribution in [3.8, 4) is 5.69 Å². The van der Waals surface area contributed by atoms with E-state index in [0.29, 0.717) is 6.54 Å². The SMILES string of the molecule is CCNC(=NCc1cccc(-n2cccn2)c1)N1CCN(Cc2ccon2)CC1. The number of piperazine rings is 1. The van der Waals surface area contributed by atoms with Gasteiger partial charge in [-0.05, 0) is 30.7 Å². The number of hydrogen-bond donors (Lipinski definition) is 1. The van der Waals surface area contributed by atoms with Gasteiger partial charge in [-0.3, -0.25) is 4.90 Å². The Kier molecular flexibility index (Phi) is 6.21. The van der Waals surface area contributed by atoms with Gasteiger partial charge in [-0.1, -0.05) is 17.3 Å². The molecular weight excluding hydrogens is 366 g/mol. The van der Waals surface area contributed by atoms with Gasteiger partial charge < -0.3 is 14.7 Å². The normalized spacial score (nSPS) is 15.6. The zero-order valence-corrected chi connectivity index (χ0v) is 16.7. The molecule has 1 aliphatic rings. The summed E-state index contributed by atoms with van der Waals surface area (Å²) < 4.78 is 6.80. The third-order valence-electron chi connectivity index (χ3n) is 4.97. The van der Waals surface area contributed by atoms with Crippen LogP contribution in [0.5, 0.6) is 0 Å². The van der Waals surface area contributed by atoms with E-state index in [1.807, 2.05) is 23.0 Å². The first-order valence-electron chi connectivity index (χ1n) is 10.1. The topological polar surface area (TPSA) is 74.7 Å². The molecule has 3 heterocycles. The van der Waals surface area contributed by atoms with Gasteiger partial charge in [0.05, 0.1) is 17.9 Å². The van der Waals surface area contributed by atoms with E-state index in [-0.39, 0.29) is 0 Å². The van der Waals surface area contributed by atoms with Crippen molar-refractivity contribution in [2.24, 2.45) is 4.99 Å². The van der Waals surface area contributed by atoms with E-state index in [4.69, 9.17) is 9.52 Å². The second-order valence-electron chi connectivity index (χ2n) is 7.04. The average Bonchev–Trinajstić information content (AvgIpc) is 3.46. The number of benzene rings is 1. The van der Waals surface area contributed by atoms with Crippen molar-refractivity contribution in [2.45, 2.75) is 20.0 Å². The number of rotatable bonds is 6. The molecule has 3 aromatic rings. The second-order valence-corrected chi connectivity index (χ2v) is 7.04. The maximum atomic E-state index is 4.93. The van der Waals surface area contributed by atoms with Crippen molar-refractivity contribution in [2.75, 3.05) is 32.7 Å². The van der Waals surface area contributed by atoms with E-state index in [1.54, 1.807) is 12.5 Å². The summed E-state index contributed by atoms with van der Waals surface area (Å²) in [5, 5.41) is 11.8. The van der Waals surface area contributed by atoms with E-state index in [1.165, 1.54) is 0 Å². The van der Waals surface area contributed by atoms with Crippen molar-refractivity contribution in [1.82, 2.24) is 30.1 Å². The smallest absolute Gasteiger partial charge is 0.194 e. The standard InChI is InChI=1S/C21H27N7O/c1-2-22-21(27-12-10-26(11-13-27)17-19-7-14-29-25-19)23-16-18-5-3-6-20(15-18)28-9-4-8-24-28/h3-9,14-15H,2,10-13,16-17H2,1H3,(H,22,23). The lowest BCUT2D eigenvalue weighted by Gasteiger charge is -2.36. The molecule has 0 spiro atoms. The molecule has 8 heteroatoms. The minimum atomic E-state index is 0.636. The van der Waals surface area contributed by atoms with Crippen LogP contribution in [0.15, 0.2) is 64.6 Å². The fourth-order valence-corrected chi connectivity index (χ4v) is 3.48. The fraction of sp³-hybridized carbons (Fsp3) is 0.381. The largest absolute Gasteiger partial charge is 0.364 e. The van der Waals surface area contributed by atoms with Crippen molar-refractivity contribution < 1.29 is 4.52 Å². The van der Waals surface area contributed by atoms with Gasteiger partial charge in [-0.15, -0.1) is 0 Å². The van der Waals surface area contributed by atoms with Crippen LogP contribution in [0.1, 0.15) is 18.2 Å². The van der Waals surface area contributed by atoms with E-state index < -0.39 is 0 Å². The molecule has 1 N–H and O–H groups in total. The summed E-state index contributed by atoms with van der Waals surface area (Å²) in [5.74, 6) is 0.970. The molecule has 1 aliphatic heterocycles. The number of guanidine groups is 1. The molecule has 1 fully saturated rings. The molecule has 0 aliphatic carbocycles. The van der Waals surface area contributed by atoms with Crippen molar-refractivity contribution in [3.05, 3.63) is 66.3 Å². The predicted octanol–water partition coefficient (Wildman–Crippen LogP) is 2.14. The molecular formula is C21H27N7O. The molecule has 1 aromatic carbocycles. The highest BCUT2D eigenvalue weighted by Gasteiger charge is 2.20. The molecule has 0 unspecified atom stereocenters. The van der Waals surface area contributed by atoms with Gasteiger partial charge in [0.1, 0.15) is 6.26 Å². The zero-order chi connectivity index (χ0) is 19.9. The summed E-state index contributed by atoms with van der Waals surface area (Å²) in [4.78, 5) is 9.61. The van der Waals surface area contributed by atoms with E-state index in [9.17, 15) is 0 Å².